The molecule has 138 valence electrons. The number of nitrogens with zero attached hydrogens (tertiary/aromatic N) is 3. The molecular formula is C16H23ClN4O4. The van der Waals surface area contributed by atoms with Gasteiger partial charge in [-0.15, -0.1) is 0 Å². The van der Waals surface area contributed by atoms with Crippen molar-refractivity contribution in [2.75, 3.05) is 43.5 Å². The van der Waals surface area contributed by atoms with Crippen LogP contribution in [0, 0.1) is 0 Å². The zero-order chi connectivity index (χ0) is 18.6. The minimum Gasteiger partial charge on any atom is -0.453 e. The van der Waals surface area contributed by atoms with Gasteiger partial charge in [0.15, 0.2) is 0 Å². The Morgan fingerprint density at radius 1 is 1.20 bits per heavy atom. The largest absolute Gasteiger partial charge is 0.453 e. The number of hydrogen-bond donors (Lipinski definition) is 1. The normalized spacial score (nSPS) is 14.9. The van der Waals surface area contributed by atoms with Gasteiger partial charge in [0.1, 0.15) is 16.6 Å². The van der Waals surface area contributed by atoms with Crippen molar-refractivity contribution in [1.29, 1.82) is 0 Å². The van der Waals surface area contributed by atoms with E-state index >= 15 is 0 Å². The number of methoxy groups -OCH3 is 1. The van der Waals surface area contributed by atoms with E-state index in [9.17, 15) is 9.59 Å². The maximum atomic E-state index is 12.1. The molecule has 2 rings (SSSR count). The maximum Gasteiger partial charge on any atom is 0.411 e. The van der Waals surface area contributed by atoms with Crippen LogP contribution in [0.15, 0.2) is 12.1 Å². The molecule has 1 aromatic heterocycles. The summed E-state index contributed by atoms with van der Waals surface area (Å²) < 4.78 is 9.96. The number of rotatable bonds is 2. The van der Waals surface area contributed by atoms with Crippen LogP contribution in [-0.4, -0.2) is 61.0 Å². The topological polar surface area (TPSA) is 84.0 Å². The molecule has 0 atom stereocenters. The highest BCUT2D eigenvalue weighted by atomic mass is 35.5. The summed E-state index contributed by atoms with van der Waals surface area (Å²) in [7, 11) is 1.29. The van der Waals surface area contributed by atoms with Gasteiger partial charge in [-0.1, -0.05) is 11.6 Å². The summed E-state index contributed by atoms with van der Waals surface area (Å²) in [6.07, 6.45) is -0.901. The van der Waals surface area contributed by atoms with Crippen LogP contribution in [0.3, 0.4) is 0 Å². The fourth-order valence-corrected chi connectivity index (χ4v) is 2.53. The molecule has 0 bridgehead atoms. The highest BCUT2D eigenvalue weighted by Gasteiger charge is 2.26. The SMILES string of the molecule is COC(=O)Nc1cc(Cl)nc(N2CCN(C(=O)OC(C)(C)C)CC2)c1. The molecule has 0 spiro atoms. The Morgan fingerprint density at radius 2 is 1.84 bits per heavy atom. The van der Waals surface area contributed by atoms with Crippen LogP contribution >= 0.6 is 11.6 Å². The van der Waals surface area contributed by atoms with Crippen molar-refractivity contribution in [1.82, 2.24) is 9.88 Å². The summed E-state index contributed by atoms with van der Waals surface area (Å²) in [4.78, 5) is 31.4. The minimum absolute atomic E-state index is 0.262. The van der Waals surface area contributed by atoms with Crippen molar-refractivity contribution >= 4 is 35.3 Å². The first kappa shape index (κ1) is 19.1. The number of halogens is 1. The monoisotopic (exact) mass is 370 g/mol. The lowest BCUT2D eigenvalue weighted by Crippen LogP contribution is -2.50. The van der Waals surface area contributed by atoms with Crippen LogP contribution in [0.4, 0.5) is 21.1 Å². The Bertz CT molecular complexity index is 640. The fourth-order valence-electron chi connectivity index (χ4n) is 2.33. The molecule has 9 heteroatoms. The molecule has 25 heavy (non-hydrogen) atoms. The van der Waals surface area contributed by atoms with Gasteiger partial charge in [0.2, 0.25) is 0 Å². The smallest absolute Gasteiger partial charge is 0.411 e. The molecule has 0 unspecified atom stereocenters. The number of anilines is 2. The Labute approximate surface area is 152 Å². The van der Waals surface area contributed by atoms with Gasteiger partial charge in [-0.2, -0.15) is 0 Å². The van der Waals surface area contributed by atoms with Gasteiger partial charge in [-0.3, -0.25) is 5.32 Å². The molecule has 1 aliphatic heterocycles. The van der Waals surface area contributed by atoms with Crippen LogP contribution in [-0.2, 0) is 9.47 Å². The first-order valence-corrected chi connectivity index (χ1v) is 8.31. The molecule has 2 heterocycles. The van der Waals surface area contributed by atoms with Crippen molar-refractivity contribution in [3.63, 3.8) is 0 Å². The van der Waals surface area contributed by atoms with E-state index in [1.165, 1.54) is 7.11 Å². The summed E-state index contributed by atoms with van der Waals surface area (Å²) in [5.74, 6) is 0.628. The lowest BCUT2D eigenvalue weighted by molar-refractivity contribution is 0.0240. The van der Waals surface area contributed by atoms with Gasteiger partial charge in [0, 0.05) is 32.2 Å². The van der Waals surface area contributed by atoms with Crippen molar-refractivity contribution in [2.45, 2.75) is 26.4 Å². The molecular weight excluding hydrogens is 348 g/mol. The van der Waals surface area contributed by atoms with Gasteiger partial charge >= 0.3 is 12.2 Å². The predicted molar refractivity (Wildman–Crippen MR) is 95.3 cm³/mol. The summed E-state index contributed by atoms with van der Waals surface area (Å²) >= 11 is 6.03. The summed E-state index contributed by atoms with van der Waals surface area (Å²) in [5, 5.41) is 2.83. The third kappa shape index (κ3) is 5.67. The second kappa shape index (κ2) is 7.77. The molecule has 0 aliphatic carbocycles. The van der Waals surface area contributed by atoms with E-state index in [1.807, 2.05) is 25.7 Å². The molecule has 1 aromatic rings. The number of hydrogen-bond acceptors (Lipinski definition) is 6. The molecule has 2 amide bonds. The number of carbonyl (C=O) groups excluding carboxylic acids is 2. The molecule has 0 radical (unpaired) electrons. The third-order valence-electron chi connectivity index (χ3n) is 3.47. The highest BCUT2D eigenvalue weighted by Crippen LogP contribution is 2.23. The summed E-state index contributed by atoms with van der Waals surface area (Å²) in [6, 6.07) is 3.25. The van der Waals surface area contributed by atoms with Gasteiger partial charge in [-0.05, 0) is 26.8 Å². The van der Waals surface area contributed by atoms with Gasteiger partial charge in [0.25, 0.3) is 0 Å². The minimum atomic E-state index is -0.581. The van der Waals surface area contributed by atoms with Crippen LogP contribution in [0.2, 0.25) is 5.15 Å². The lowest BCUT2D eigenvalue weighted by Gasteiger charge is -2.36. The average molecular weight is 371 g/mol. The van der Waals surface area contributed by atoms with Gasteiger partial charge < -0.3 is 19.3 Å². The third-order valence-corrected chi connectivity index (χ3v) is 3.66. The van der Waals surface area contributed by atoms with Crippen LogP contribution in [0.1, 0.15) is 20.8 Å². The first-order chi connectivity index (χ1) is 11.7. The number of piperazine rings is 1. The lowest BCUT2D eigenvalue weighted by atomic mass is 10.2. The number of carbonyl (C=O) groups is 2. The molecule has 1 N–H and O–H groups in total. The Balaban J connectivity index is 2.00. The Morgan fingerprint density at radius 3 is 2.40 bits per heavy atom. The predicted octanol–water partition coefficient (Wildman–Crippen LogP) is 2.97. The van der Waals surface area contributed by atoms with E-state index in [0.29, 0.717) is 37.7 Å². The number of aromatic nitrogens is 1. The number of amides is 2. The van der Waals surface area contributed by atoms with E-state index in [1.54, 1.807) is 17.0 Å². The second-order valence-corrected chi connectivity index (χ2v) is 7.00. The zero-order valence-corrected chi connectivity index (χ0v) is 15.6. The number of ether oxygens (including phenoxy) is 2. The number of nitrogens with one attached hydrogen (secondary N) is 1. The van der Waals surface area contributed by atoms with E-state index in [2.05, 4.69) is 15.0 Å². The standard InChI is InChI=1S/C16H23ClN4O4/c1-16(2,3)25-15(23)21-7-5-20(6-8-21)13-10-11(9-12(17)19-13)18-14(22)24-4/h9-10H,5-8H2,1-4H3,(H,18,19,22). The molecule has 1 fully saturated rings. The quantitative estimate of drug-likeness (QED) is 0.806. The highest BCUT2D eigenvalue weighted by molar-refractivity contribution is 6.29. The zero-order valence-electron chi connectivity index (χ0n) is 14.8. The van der Waals surface area contributed by atoms with E-state index in [0.717, 1.165) is 0 Å². The molecule has 8 nitrogen and oxygen atoms in total. The van der Waals surface area contributed by atoms with Crippen molar-refractivity contribution in [2.24, 2.45) is 0 Å². The molecule has 1 saturated heterocycles. The van der Waals surface area contributed by atoms with Crippen LogP contribution in [0.25, 0.3) is 0 Å². The van der Waals surface area contributed by atoms with E-state index < -0.39 is 11.7 Å². The molecule has 1 aliphatic rings. The van der Waals surface area contributed by atoms with E-state index in [4.69, 9.17) is 16.3 Å². The van der Waals surface area contributed by atoms with Crippen molar-refractivity contribution in [3.8, 4) is 0 Å². The van der Waals surface area contributed by atoms with Crippen LogP contribution in [0.5, 0.6) is 0 Å². The summed E-state index contributed by atoms with van der Waals surface area (Å²) in [6.45, 7) is 7.73. The van der Waals surface area contributed by atoms with Crippen molar-refractivity contribution < 1.29 is 19.1 Å². The molecule has 0 aromatic carbocycles. The van der Waals surface area contributed by atoms with Crippen LogP contribution < -0.4 is 10.2 Å². The Kier molecular flexibility index (Phi) is 5.94. The number of pyridine rings is 1. The fraction of sp³-hybridized carbons (Fsp3) is 0.562. The van der Waals surface area contributed by atoms with Crippen molar-refractivity contribution in [3.05, 3.63) is 17.3 Å². The summed E-state index contributed by atoms with van der Waals surface area (Å²) in [5.41, 5.74) is -0.0200. The van der Waals surface area contributed by atoms with Gasteiger partial charge in [-0.25, -0.2) is 14.6 Å². The first-order valence-electron chi connectivity index (χ1n) is 7.93. The molecule has 0 saturated carbocycles. The average Bonchev–Trinajstić information content (AvgIpc) is 2.52. The van der Waals surface area contributed by atoms with Gasteiger partial charge in [0.05, 0.1) is 12.8 Å². The Hall–Kier alpha value is -2.22. The van der Waals surface area contributed by atoms with E-state index in [-0.39, 0.29) is 11.2 Å². The maximum absolute atomic E-state index is 12.1. The second-order valence-electron chi connectivity index (χ2n) is 6.61.